The van der Waals surface area contributed by atoms with Crippen LogP contribution in [-0.2, 0) is 14.4 Å². The molecule has 1 aromatic rings. The molecule has 20 heavy (non-hydrogen) atoms. The van der Waals surface area contributed by atoms with Gasteiger partial charge >= 0.3 is 0 Å². The summed E-state index contributed by atoms with van der Waals surface area (Å²) in [5.74, 6) is -0.507. The number of rotatable bonds is 5. The first kappa shape index (κ1) is 16.0. The highest BCUT2D eigenvalue weighted by molar-refractivity contribution is 8.13. The van der Waals surface area contributed by atoms with Gasteiger partial charge in [-0.15, -0.1) is 0 Å². The number of carbonyl (C=O) groups is 3. The number of aromatic hydroxyl groups is 1. The minimum atomic E-state index is -0.796. The van der Waals surface area contributed by atoms with E-state index in [2.05, 4.69) is 10.6 Å². The molecule has 0 bridgehead atoms. The van der Waals surface area contributed by atoms with E-state index in [9.17, 15) is 14.4 Å². The number of phenols is 1. The van der Waals surface area contributed by atoms with Crippen LogP contribution < -0.4 is 10.6 Å². The molecule has 0 fully saturated rings. The Bertz CT molecular complexity index is 502. The van der Waals surface area contributed by atoms with E-state index in [0.717, 1.165) is 11.8 Å². The van der Waals surface area contributed by atoms with E-state index >= 15 is 0 Å². The molecule has 0 unspecified atom stereocenters. The molecule has 0 spiro atoms. The lowest BCUT2D eigenvalue weighted by atomic mass is 10.2. The first-order valence-electron chi connectivity index (χ1n) is 5.89. The molecule has 1 aromatic carbocycles. The van der Waals surface area contributed by atoms with Gasteiger partial charge in [-0.05, 0) is 24.3 Å². The van der Waals surface area contributed by atoms with Crippen molar-refractivity contribution in [2.45, 2.75) is 19.9 Å². The Morgan fingerprint density at radius 2 is 1.80 bits per heavy atom. The SMILES string of the molecule is CC(=O)N[C@@H](CSC(C)=O)C(=O)Nc1ccc(O)cc1. The fraction of sp³-hybridized carbons (Fsp3) is 0.308. The highest BCUT2D eigenvalue weighted by Crippen LogP contribution is 2.14. The smallest absolute Gasteiger partial charge is 0.247 e. The molecular formula is C13H16N2O4S. The molecular weight excluding hydrogens is 280 g/mol. The van der Waals surface area contributed by atoms with Crippen LogP contribution in [0.15, 0.2) is 24.3 Å². The van der Waals surface area contributed by atoms with Crippen molar-refractivity contribution in [1.29, 1.82) is 0 Å². The molecule has 0 radical (unpaired) electrons. The third kappa shape index (κ3) is 5.75. The average molecular weight is 296 g/mol. The summed E-state index contributed by atoms with van der Waals surface area (Å²) in [5, 5.41) is 14.1. The molecule has 2 amide bonds. The van der Waals surface area contributed by atoms with Crippen LogP contribution >= 0.6 is 11.8 Å². The van der Waals surface area contributed by atoms with Crippen molar-refractivity contribution in [3.05, 3.63) is 24.3 Å². The molecule has 3 N–H and O–H groups in total. The summed E-state index contributed by atoms with van der Waals surface area (Å²) < 4.78 is 0. The molecule has 0 aliphatic carbocycles. The maximum atomic E-state index is 12.0. The zero-order valence-electron chi connectivity index (χ0n) is 11.2. The topological polar surface area (TPSA) is 95.5 Å². The van der Waals surface area contributed by atoms with E-state index in [4.69, 9.17) is 5.11 Å². The summed E-state index contributed by atoms with van der Waals surface area (Å²) in [5.41, 5.74) is 0.496. The molecule has 7 heteroatoms. The number of anilines is 1. The van der Waals surface area contributed by atoms with Gasteiger partial charge in [-0.2, -0.15) is 0 Å². The van der Waals surface area contributed by atoms with Crippen molar-refractivity contribution in [1.82, 2.24) is 5.32 Å². The van der Waals surface area contributed by atoms with Gasteiger partial charge in [0.2, 0.25) is 11.8 Å². The average Bonchev–Trinajstić information content (AvgIpc) is 2.36. The zero-order valence-corrected chi connectivity index (χ0v) is 12.0. The lowest BCUT2D eigenvalue weighted by molar-refractivity contribution is -0.124. The molecule has 0 aliphatic rings. The molecule has 1 rings (SSSR count). The summed E-state index contributed by atoms with van der Waals surface area (Å²) in [4.78, 5) is 34.1. The minimum absolute atomic E-state index is 0.0912. The lowest BCUT2D eigenvalue weighted by Crippen LogP contribution is -2.44. The minimum Gasteiger partial charge on any atom is -0.508 e. The molecule has 6 nitrogen and oxygen atoms in total. The number of hydrogen-bond acceptors (Lipinski definition) is 5. The maximum Gasteiger partial charge on any atom is 0.247 e. The van der Waals surface area contributed by atoms with E-state index < -0.39 is 11.9 Å². The second-order valence-electron chi connectivity index (χ2n) is 4.09. The first-order valence-corrected chi connectivity index (χ1v) is 6.87. The number of phenolic OH excluding ortho intramolecular Hbond substituents is 1. The Morgan fingerprint density at radius 3 is 2.30 bits per heavy atom. The van der Waals surface area contributed by atoms with Gasteiger partial charge < -0.3 is 15.7 Å². The third-order valence-corrected chi connectivity index (χ3v) is 3.19. The van der Waals surface area contributed by atoms with Crippen LogP contribution in [0.1, 0.15) is 13.8 Å². The Morgan fingerprint density at radius 1 is 1.20 bits per heavy atom. The number of nitrogens with one attached hydrogen (secondary N) is 2. The van der Waals surface area contributed by atoms with Gasteiger partial charge in [0.1, 0.15) is 11.8 Å². The van der Waals surface area contributed by atoms with Crippen LogP contribution in [0, 0.1) is 0 Å². The third-order valence-electron chi connectivity index (χ3n) is 2.28. The van der Waals surface area contributed by atoms with E-state index in [1.165, 1.54) is 38.1 Å². The summed E-state index contributed by atoms with van der Waals surface area (Å²) in [6.45, 7) is 2.70. The van der Waals surface area contributed by atoms with Crippen LogP contribution in [-0.4, -0.2) is 33.8 Å². The summed E-state index contributed by atoms with van der Waals surface area (Å²) in [6, 6.07) is 5.16. The van der Waals surface area contributed by atoms with Crippen LogP contribution in [0.25, 0.3) is 0 Å². The monoisotopic (exact) mass is 296 g/mol. The van der Waals surface area contributed by atoms with Gasteiger partial charge in [-0.3, -0.25) is 14.4 Å². The second kappa shape index (κ2) is 7.54. The van der Waals surface area contributed by atoms with E-state index in [1.807, 2.05) is 0 Å². The van der Waals surface area contributed by atoms with Crippen molar-refractivity contribution >= 4 is 34.4 Å². The molecule has 0 aliphatic heterocycles. The Balaban J connectivity index is 2.68. The van der Waals surface area contributed by atoms with Crippen molar-refractivity contribution in [2.24, 2.45) is 0 Å². The van der Waals surface area contributed by atoms with Gasteiger partial charge in [0, 0.05) is 25.3 Å². The summed E-state index contributed by atoms with van der Waals surface area (Å²) in [7, 11) is 0. The zero-order chi connectivity index (χ0) is 15.1. The highest BCUT2D eigenvalue weighted by Gasteiger charge is 2.20. The van der Waals surface area contributed by atoms with Crippen LogP contribution in [0.4, 0.5) is 5.69 Å². The second-order valence-corrected chi connectivity index (χ2v) is 5.29. The Kier molecular flexibility index (Phi) is 6.05. The summed E-state index contributed by atoms with van der Waals surface area (Å²) in [6.07, 6.45) is 0. The largest absolute Gasteiger partial charge is 0.508 e. The highest BCUT2D eigenvalue weighted by atomic mass is 32.2. The van der Waals surface area contributed by atoms with Crippen molar-refractivity contribution < 1.29 is 19.5 Å². The van der Waals surface area contributed by atoms with Gasteiger partial charge in [-0.25, -0.2) is 0 Å². The van der Waals surface area contributed by atoms with Crippen LogP contribution in [0.2, 0.25) is 0 Å². The van der Waals surface area contributed by atoms with Gasteiger partial charge in [0.15, 0.2) is 5.12 Å². The fourth-order valence-corrected chi connectivity index (χ4v) is 2.04. The van der Waals surface area contributed by atoms with Gasteiger partial charge in [0.05, 0.1) is 0 Å². The number of hydrogen-bond donors (Lipinski definition) is 3. The van der Waals surface area contributed by atoms with E-state index in [1.54, 1.807) is 0 Å². The number of thioether (sulfide) groups is 1. The van der Waals surface area contributed by atoms with E-state index in [-0.39, 0.29) is 22.5 Å². The van der Waals surface area contributed by atoms with Crippen molar-refractivity contribution in [3.63, 3.8) is 0 Å². The van der Waals surface area contributed by atoms with Crippen molar-refractivity contribution in [2.75, 3.05) is 11.1 Å². The van der Waals surface area contributed by atoms with Gasteiger partial charge in [0.25, 0.3) is 0 Å². The lowest BCUT2D eigenvalue weighted by Gasteiger charge is -2.16. The maximum absolute atomic E-state index is 12.0. The molecule has 0 aromatic heterocycles. The first-order chi connectivity index (χ1) is 9.38. The fourth-order valence-electron chi connectivity index (χ4n) is 1.40. The molecule has 0 heterocycles. The molecule has 108 valence electrons. The predicted octanol–water partition coefficient (Wildman–Crippen LogP) is 1.12. The normalized spacial score (nSPS) is 11.5. The number of amides is 2. The quantitative estimate of drug-likeness (QED) is 0.708. The van der Waals surface area contributed by atoms with Crippen LogP contribution in [0.3, 0.4) is 0 Å². The van der Waals surface area contributed by atoms with Crippen molar-refractivity contribution in [3.8, 4) is 5.75 Å². The van der Waals surface area contributed by atoms with E-state index in [0.29, 0.717) is 5.69 Å². The Labute approximate surface area is 120 Å². The molecule has 1 atom stereocenters. The standard InChI is InChI=1S/C13H16N2O4S/c1-8(16)14-12(7-20-9(2)17)13(19)15-10-3-5-11(18)6-4-10/h3-6,12,18H,7H2,1-2H3,(H,14,16)(H,15,19)/t12-/m0/s1. The molecule has 0 saturated heterocycles. The van der Waals surface area contributed by atoms with Crippen LogP contribution in [0.5, 0.6) is 5.75 Å². The molecule has 0 saturated carbocycles. The van der Waals surface area contributed by atoms with Gasteiger partial charge in [-0.1, -0.05) is 11.8 Å². The number of carbonyl (C=O) groups excluding carboxylic acids is 3. The summed E-state index contributed by atoms with van der Waals surface area (Å²) >= 11 is 0.968. The number of benzene rings is 1. The predicted molar refractivity (Wildman–Crippen MR) is 77.5 cm³/mol. The Hall–Kier alpha value is -2.02.